The molecule has 0 saturated heterocycles. The van der Waals surface area contributed by atoms with Crippen molar-refractivity contribution in [3.05, 3.63) is 45.4 Å². The molecule has 0 bridgehead atoms. The van der Waals surface area contributed by atoms with E-state index in [0.29, 0.717) is 26.7 Å². The van der Waals surface area contributed by atoms with E-state index in [1.165, 1.54) is 0 Å². The first-order valence-corrected chi connectivity index (χ1v) is 7.59. The molecule has 1 unspecified atom stereocenters. The van der Waals surface area contributed by atoms with E-state index in [9.17, 15) is 0 Å². The fourth-order valence-electron chi connectivity index (χ4n) is 2.08. The molecular weight excluding hydrogens is 331 g/mol. The van der Waals surface area contributed by atoms with Crippen molar-refractivity contribution < 1.29 is 4.74 Å². The van der Waals surface area contributed by atoms with Gasteiger partial charge in [-0.15, -0.1) is 0 Å². The van der Waals surface area contributed by atoms with Gasteiger partial charge in [-0.2, -0.15) is 0 Å². The molecule has 0 spiro atoms. The molecule has 0 N–H and O–H groups in total. The lowest BCUT2D eigenvalue weighted by Crippen LogP contribution is -2.13. The van der Waals surface area contributed by atoms with Crippen molar-refractivity contribution in [3.63, 3.8) is 0 Å². The zero-order valence-corrected chi connectivity index (χ0v) is 14.2. The van der Waals surface area contributed by atoms with E-state index in [1.54, 1.807) is 19.2 Å². The number of aromatic nitrogens is 2. The summed E-state index contributed by atoms with van der Waals surface area (Å²) in [5, 5.41) is 1.24. The summed E-state index contributed by atoms with van der Waals surface area (Å²) in [5.74, 6) is 0.698. The number of hydrogen-bond acceptors (Lipinski definition) is 3. The fourth-order valence-corrected chi connectivity index (χ4v) is 2.83. The van der Waals surface area contributed by atoms with Crippen LogP contribution in [0.25, 0.3) is 11.1 Å². The van der Waals surface area contributed by atoms with Crippen molar-refractivity contribution in [3.8, 4) is 11.1 Å². The lowest BCUT2D eigenvalue weighted by atomic mass is 10.1. The van der Waals surface area contributed by atoms with Gasteiger partial charge in [-0.3, -0.25) is 0 Å². The Morgan fingerprint density at radius 3 is 1.90 bits per heavy atom. The Kier molecular flexibility index (Phi) is 5.44. The minimum atomic E-state index is -0.251. The molecule has 0 fully saturated rings. The standard InChI is InChI=1S/C15H15Cl3N2O/c1-8(2)12(21-3)15-19-13(17)11(14(18)20-15)9-4-6-10(16)7-5-9/h4-8,12H,1-3H3. The molecule has 0 aliphatic heterocycles. The van der Waals surface area contributed by atoms with Gasteiger partial charge < -0.3 is 4.74 Å². The maximum atomic E-state index is 6.29. The van der Waals surface area contributed by atoms with Crippen LogP contribution in [0.5, 0.6) is 0 Å². The van der Waals surface area contributed by atoms with E-state index in [0.717, 1.165) is 5.56 Å². The predicted octanol–water partition coefficient (Wildman–Crippen LogP) is 5.45. The quantitative estimate of drug-likeness (QED) is 0.691. The first-order valence-electron chi connectivity index (χ1n) is 6.45. The number of hydrogen-bond donors (Lipinski definition) is 0. The number of ether oxygens (including phenoxy) is 1. The van der Waals surface area contributed by atoms with Crippen LogP contribution < -0.4 is 0 Å². The average molecular weight is 346 g/mol. The van der Waals surface area contributed by atoms with E-state index in [1.807, 2.05) is 26.0 Å². The lowest BCUT2D eigenvalue weighted by molar-refractivity contribution is 0.0575. The largest absolute Gasteiger partial charge is 0.373 e. The maximum absolute atomic E-state index is 6.29. The Labute approximate surface area is 139 Å². The first kappa shape index (κ1) is 16.5. The summed E-state index contributed by atoms with van der Waals surface area (Å²) in [6, 6.07) is 7.19. The molecule has 1 aromatic heterocycles. The van der Waals surface area contributed by atoms with Crippen LogP contribution >= 0.6 is 34.8 Å². The second-order valence-corrected chi connectivity index (χ2v) is 6.10. The number of benzene rings is 1. The van der Waals surface area contributed by atoms with Crippen molar-refractivity contribution >= 4 is 34.8 Å². The van der Waals surface area contributed by atoms with Gasteiger partial charge in [-0.25, -0.2) is 9.97 Å². The van der Waals surface area contributed by atoms with Crippen LogP contribution in [0.15, 0.2) is 24.3 Å². The lowest BCUT2D eigenvalue weighted by Gasteiger charge is -2.19. The van der Waals surface area contributed by atoms with Crippen molar-refractivity contribution in [2.45, 2.75) is 20.0 Å². The van der Waals surface area contributed by atoms with Crippen LogP contribution in [0, 0.1) is 5.92 Å². The Morgan fingerprint density at radius 2 is 1.48 bits per heavy atom. The van der Waals surface area contributed by atoms with E-state index >= 15 is 0 Å². The monoisotopic (exact) mass is 344 g/mol. The molecule has 1 heterocycles. The summed E-state index contributed by atoms with van der Waals surface area (Å²) in [6.45, 7) is 4.04. The smallest absolute Gasteiger partial charge is 0.160 e. The number of halogens is 3. The molecular formula is C15H15Cl3N2O. The zero-order valence-electron chi connectivity index (χ0n) is 11.9. The van der Waals surface area contributed by atoms with E-state index < -0.39 is 0 Å². The van der Waals surface area contributed by atoms with Crippen LogP contribution in [-0.2, 0) is 4.74 Å². The van der Waals surface area contributed by atoms with Crippen molar-refractivity contribution in [2.24, 2.45) is 5.92 Å². The molecule has 6 heteroatoms. The molecule has 2 rings (SSSR count). The van der Waals surface area contributed by atoms with Gasteiger partial charge in [-0.1, -0.05) is 60.8 Å². The summed E-state index contributed by atoms with van der Waals surface area (Å²) < 4.78 is 5.41. The molecule has 0 aliphatic carbocycles. The number of methoxy groups -OCH3 is 1. The SMILES string of the molecule is COC(c1nc(Cl)c(-c2ccc(Cl)cc2)c(Cl)n1)C(C)C. The van der Waals surface area contributed by atoms with Gasteiger partial charge in [0, 0.05) is 12.1 Å². The van der Waals surface area contributed by atoms with E-state index in [4.69, 9.17) is 39.5 Å². The van der Waals surface area contributed by atoms with Gasteiger partial charge in [0.2, 0.25) is 0 Å². The third-order valence-corrected chi connectivity index (χ3v) is 3.88. The highest BCUT2D eigenvalue weighted by Gasteiger charge is 2.22. The van der Waals surface area contributed by atoms with E-state index in [2.05, 4.69) is 9.97 Å². The number of nitrogens with zero attached hydrogens (tertiary/aromatic N) is 2. The average Bonchev–Trinajstić information content (AvgIpc) is 2.40. The molecule has 21 heavy (non-hydrogen) atoms. The van der Waals surface area contributed by atoms with Gasteiger partial charge in [0.05, 0.1) is 5.56 Å². The molecule has 0 aliphatic rings. The first-order chi connectivity index (χ1) is 9.93. The zero-order chi connectivity index (χ0) is 15.6. The van der Waals surface area contributed by atoms with E-state index in [-0.39, 0.29) is 12.0 Å². The minimum absolute atomic E-state index is 0.212. The highest BCUT2D eigenvalue weighted by Crippen LogP contribution is 2.35. The van der Waals surface area contributed by atoms with Crippen LogP contribution in [0.2, 0.25) is 15.3 Å². The summed E-state index contributed by atoms with van der Waals surface area (Å²) in [4.78, 5) is 8.67. The Hall–Kier alpha value is -0.870. The Balaban J connectivity index is 2.49. The fraction of sp³-hybridized carbons (Fsp3) is 0.333. The van der Waals surface area contributed by atoms with Crippen LogP contribution in [0.1, 0.15) is 25.8 Å². The second-order valence-electron chi connectivity index (χ2n) is 4.95. The normalized spacial score (nSPS) is 12.7. The number of rotatable bonds is 4. The molecule has 112 valence electrons. The molecule has 1 atom stereocenters. The van der Waals surface area contributed by atoms with Gasteiger partial charge >= 0.3 is 0 Å². The highest BCUT2D eigenvalue weighted by molar-refractivity contribution is 6.37. The third kappa shape index (κ3) is 3.67. The van der Waals surface area contributed by atoms with Gasteiger partial charge in [-0.05, 0) is 23.6 Å². The topological polar surface area (TPSA) is 35.0 Å². The second kappa shape index (κ2) is 6.93. The van der Waals surface area contributed by atoms with Gasteiger partial charge in [0.25, 0.3) is 0 Å². The van der Waals surface area contributed by atoms with Crippen molar-refractivity contribution in [1.29, 1.82) is 0 Å². The maximum Gasteiger partial charge on any atom is 0.160 e. The summed E-state index contributed by atoms with van der Waals surface area (Å²) in [6.07, 6.45) is -0.251. The molecule has 0 amide bonds. The minimum Gasteiger partial charge on any atom is -0.373 e. The van der Waals surface area contributed by atoms with Gasteiger partial charge in [0.15, 0.2) is 5.82 Å². The van der Waals surface area contributed by atoms with Crippen LogP contribution in [0.3, 0.4) is 0 Å². The summed E-state index contributed by atoms with van der Waals surface area (Å²) in [5.41, 5.74) is 1.41. The van der Waals surface area contributed by atoms with Crippen LogP contribution in [0.4, 0.5) is 0 Å². The third-order valence-electron chi connectivity index (χ3n) is 3.08. The Bertz CT molecular complexity index is 606. The van der Waals surface area contributed by atoms with Crippen molar-refractivity contribution in [2.75, 3.05) is 7.11 Å². The molecule has 0 radical (unpaired) electrons. The molecule has 1 aromatic carbocycles. The van der Waals surface area contributed by atoms with Crippen molar-refractivity contribution in [1.82, 2.24) is 9.97 Å². The molecule has 0 saturated carbocycles. The Morgan fingerprint density at radius 1 is 0.952 bits per heavy atom. The summed E-state index contributed by atoms with van der Waals surface area (Å²) in [7, 11) is 1.61. The molecule has 3 nitrogen and oxygen atoms in total. The predicted molar refractivity (Wildman–Crippen MR) is 87.1 cm³/mol. The summed E-state index contributed by atoms with van der Waals surface area (Å²) >= 11 is 18.5. The van der Waals surface area contributed by atoms with Crippen LogP contribution in [-0.4, -0.2) is 17.1 Å². The molecule has 2 aromatic rings. The highest BCUT2D eigenvalue weighted by atomic mass is 35.5. The van der Waals surface area contributed by atoms with Gasteiger partial charge in [0.1, 0.15) is 16.4 Å².